The van der Waals surface area contributed by atoms with Gasteiger partial charge in [-0.2, -0.15) is 0 Å². The molecule has 4 rings (SSSR count). The molecular formula is C25H20BrP. The van der Waals surface area contributed by atoms with Crippen molar-refractivity contribution in [2.75, 3.05) is 0 Å². The van der Waals surface area contributed by atoms with E-state index in [1.54, 1.807) is 0 Å². The van der Waals surface area contributed by atoms with Crippen LogP contribution in [-0.4, -0.2) is 0 Å². The Labute approximate surface area is 170 Å². The second kappa shape index (κ2) is 8.65. The van der Waals surface area contributed by atoms with Gasteiger partial charge in [0.2, 0.25) is 0 Å². The smallest absolute Gasteiger partial charge is 0.0210 e. The SMILES string of the molecule is Brc1ccccc1Cc1ccccc1P(c1ccccc1)c1ccccc1. The van der Waals surface area contributed by atoms with Crippen molar-refractivity contribution in [3.05, 3.63) is 125 Å². The Morgan fingerprint density at radius 1 is 0.519 bits per heavy atom. The van der Waals surface area contributed by atoms with Crippen molar-refractivity contribution in [3.63, 3.8) is 0 Å². The Hall–Kier alpha value is -2.21. The molecule has 0 aliphatic heterocycles. The average molecular weight is 431 g/mol. The van der Waals surface area contributed by atoms with Gasteiger partial charge in [-0.1, -0.05) is 119 Å². The standard InChI is InChI=1S/C25H20BrP/c26-24-17-9-7-11-20(24)19-21-12-8-10-18-25(21)27(22-13-3-1-4-14-22)23-15-5-2-6-16-23/h1-18H,19H2. The van der Waals surface area contributed by atoms with Crippen LogP contribution in [0.5, 0.6) is 0 Å². The lowest BCUT2D eigenvalue weighted by Gasteiger charge is -2.22. The molecule has 0 aromatic heterocycles. The maximum atomic E-state index is 3.71. The van der Waals surface area contributed by atoms with E-state index < -0.39 is 7.92 Å². The van der Waals surface area contributed by atoms with Gasteiger partial charge < -0.3 is 0 Å². The van der Waals surface area contributed by atoms with Crippen LogP contribution in [0.15, 0.2) is 114 Å². The first kappa shape index (κ1) is 18.2. The molecule has 0 atom stereocenters. The number of benzene rings is 4. The molecule has 0 fully saturated rings. The summed E-state index contributed by atoms with van der Waals surface area (Å²) in [5.74, 6) is 0. The molecule has 0 bridgehead atoms. The van der Waals surface area contributed by atoms with E-state index in [1.807, 2.05) is 0 Å². The fourth-order valence-corrected chi connectivity index (χ4v) is 6.20. The van der Waals surface area contributed by atoms with E-state index in [-0.39, 0.29) is 0 Å². The van der Waals surface area contributed by atoms with E-state index in [0.29, 0.717) is 0 Å². The fourth-order valence-electron chi connectivity index (χ4n) is 3.31. The maximum absolute atomic E-state index is 3.71. The Balaban J connectivity index is 1.83. The van der Waals surface area contributed by atoms with Crippen molar-refractivity contribution in [1.82, 2.24) is 0 Å². The molecule has 2 heteroatoms. The van der Waals surface area contributed by atoms with Crippen LogP contribution in [0, 0.1) is 0 Å². The summed E-state index contributed by atoms with van der Waals surface area (Å²) in [4.78, 5) is 0. The zero-order chi connectivity index (χ0) is 18.5. The van der Waals surface area contributed by atoms with Crippen LogP contribution in [0.25, 0.3) is 0 Å². The van der Waals surface area contributed by atoms with Gasteiger partial charge in [0.15, 0.2) is 0 Å². The molecule has 0 amide bonds. The van der Waals surface area contributed by atoms with E-state index in [0.717, 1.165) is 6.42 Å². The molecule has 0 N–H and O–H groups in total. The summed E-state index contributed by atoms with van der Waals surface area (Å²) in [7, 11) is -0.588. The quantitative estimate of drug-likeness (QED) is 0.351. The third-order valence-corrected chi connectivity index (χ3v) is 7.92. The van der Waals surface area contributed by atoms with E-state index in [9.17, 15) is 0 Å². The zero-order valence-electron chi connectivity index (χ0n) is 14.9. The second-order valence-corrected chi connectivity index (χ2v) is 9.44. The summed E-state index contributed by atoms with van der Waals surface area (Å²) in [6.45, 7) is 0. The monoisotopic (exact) mass is 430 g/mol. The number of hydrogen-bond donors (Lipinski definition) is 0. The predicted octanol–water partition coefficient (Wildman–Crippen LogP) is 5.80. The molecule has 0 spiro atoms. The maximum Gasteiger partial charge on any atom is 0.0210 e. The van der Waals surface area contributed by atoms with Gasteiger partial charge in [-0.3, -0.25) is 0 Å². The van der Waals surface area contributed by atoms with Crippen LogP contribution in [0.3, 0.4) is 0 Å². The Kier molecular flexibility index (Phi) is 5.82. The van der Waals surface area contributed by atoms with Gasteiger partial charge in [0, 0.05) is 4.47 Å². The molecule has 4 aromatic rings. The van der Waals surface area contributed by atoms with Gasteiger partial charge in [0.05, 0.1) is 0 Å². The molecule has 0 radical (unpaired) electrons. The second-order valence-electron chi connectivity index (χ2n) is 6.40. The number of halogens is 1. The first-order valence-corrected chi connectivity index (χ1v) is 11.2. The van der Waals surface area contributed by atoms with Crippen molar-refractivity contribution in [1.29, 1.82) is 0 Å². The van der Waals surface area contributed by atoms with Crippen molar-refractivity contribution < 1.29 is 0 Å². The average Bonchev–Trinajstić information content (AvgIpc) is 2.73. The molecule has 27 heavy (non-hydrogen) atoms. The molecule has 0 heterocycles. The Morgan fingerprint density at radius 2 is 1.00 bits per heavy atom. The van der Waals surface area contributed by atoms with E-state index in [1.165, 1.54) is 31.5 Å². The minimum atomic E-state index is -0.588. The first-order chi connectivity index (χ1) is 13.3. The molecule has 0 unspecified atom stereocenters. The van der Waals surface area contributed by atoms with E-state index in [2.05, 4.69) is 125 Å². The highest BCUT2D eigenvalue weighted by Gasteiger charge is 2.19. The van der Waals surface area contributed by atoms with Crippen LogP contribution in [-0.2, 0) is 6.42 Å². The topological polar surface area (TPSA) is 0 Å². The minimum Gasteiger partial charge on any atom is -0.0622 e. The summed E-state index contributed by atoms with van der Waals surface area (Å²) in [6, 6.07) is 39.2. The van der Waals surface area contributed by atoms with Gasteiger partial charge >= 0.3 is 0 Å². The third-order valence-electron chi connectivity index (χ3n) is 4.60. The van der Waals surface area contributed by atoms with Gasteiger partial charge in [-0.15, -0.1) is 0 Å². The normalized spacial score (nSPS) is 10.9. The summed E-state index contributed by atoms with van der Waals surface area (Å²) in [5, 5.41) is 4.21. The van der Waals surface area contributed by atoms with Crippen LogP contribution in [0.2, 0.25) is 0 Å². The fraction of sp³-hybridized carbons (Fsp3) is 0.0400. The van der Waals surface area contributed by atoms with Crippen molar-refractivity contribution in [2.24, 2.45) is 0 Å². The number of hydrogen-bond acceptors (Lipinski definition) is 0. The van der Waals surface area contributed by atoms with Crippen molar-refractivity contribution in [2.45, 2.75) is 6.42 Å². The van der Waals surface area contributed by atoms with Gasteiger partial charge in [-0.05, 0) is 47.4 Å². The largest absolute Gasteiger partial charge is 0.0622 e. The molecule has 0 saturated heterocycles. The lowest BCUT2D eigenvalue weighted by atomic mass is 10.1. The van der Waals surface area contributed by atoms with Crippen molar-refractivity contribution in [3.8, 4) is 0 Å². The molecule has 0 aliphatic carbocycles. The predicted molar refractivity (Wildman–Crippen MR) is 122 cm³/mol. The highest BCUT2D eigenvalue weighted by molar-refractivity contribution is 9.10. The van der Waals surface area contributed by atoms with Crippen LogP contribution in [0.1, 0.15) is 11.1 Å². The van der Waals surface area contributed by atoms with Crippen molar-refractivity contribution >= 4 is 39.8 Å². The van der Waals surface area contributed by atoms with Crippen LogP contribution < -0.4 is 15.9 Å². The Bertz CT molecular complexity index is 973. The molecule has 0 aliphatic rings. The molecule has 132 valence electrons. The highest BCUT2D eigenvalue weighted by atomic mass is 79.9. The summed E-state index contributed by atoms with van der Waals surface area (Å²) < 4.78 is 1.17. The first-order valence-electron chi connectivity index (χ1n) is 9.04. The van der Waals surface area contributed by atoms with Gasteiger partial charge in [0.25, 0.3) is 0 Å². The minimum absolute atomic E-state index is 0.588. The Morgan fingerprint density at radius 3 is 1.59 bits per heavy atom. The van der Waals surface area contributed by atoms with E-state index in [4.69, 9.17) is 0 Å². The summed E-state index contributed by atoms with van der Waals surface area (Å²) in [5.41, 5.74) is 2.71. The zero-order valence-corrected chi connectivity index (χ0v) is 17.4. The van der Waals surface area contributed by atoms with Gasteiger partial charge in [0.1, 0.15) is 0 Å². The molecule has 0 saturated carbocycles. The highest BCUT2D eigenvalue weighted by Crippen LogP contribution is 2.35. The third kappa shape index (κ3) is 4.21. The molecule has 0 nitrogen and oxygen atoms in total. The van der Waals surface area contributed by atoms with E-state index >= 15 is 0 Å². The molecular weight excluding hydrogens is 411 g/mol. The van der Waals surface area contributed by atoms with Crippen LogP contribution in [0.4, 0.5) is 0 Å². The lowest BCUT2D eigenvalue weighted by Crippen LogP contribution is -2.23. The summed E-state index contributed by atoms with van der Waals surface area (Å²) >= 11 is 3.71. The summed E-state index contributed by atoms with van der Waals surface area (Å²) in [6.07, 6.45) is 0.927. The van der Waals surface area contributed by atoms with Crippen LogP contribution >= 0.6 is 23.9 Å². The van der Waals surface area contributed by atoms with Gasteiger partial charge in [-0.25, -0.2) is 0 Å². The molecule has 4 aromatic carbocycles. The number of rotatable bonds is 5. The lowest BCUT2D eigenvalue weighted by molar-refractivity contribution is 1.19.